The second kappa shape index (κ2) is 11.2. The number of amides is 2. The standard InChI is InChI=1S/C26H33N3O6/c1-32-21-15-18(16-22(33-2)25(21)34-3)27-24(30)11-14-29-17-23(26(31)28-12-7-4-8-13-28)35-20-10-6-5-9-19(20)29/h5-6,9-10,15-16,23H,4,7-8,11-14,17H2,1-3H3,(H,27,30). The normalized spacial score (nSPS) is 17.2. The Hall–Kier alpha value is -3.62. The fraction of sp³-hybridized carbons (Fsp3) is 0.462. The predicted molar refractivity (Wildman–Crippen MR) is 133 cm³/mol. The molecule has 2 aliphatic rings. The Kier molecular flexibility index (Phi) is 7.84. The zero-order chi connectivity index (χ0) is 24.8. The maximum Gasteiger partial charge on any atom is 0.265 e. The topological polar surface area (TPSA) is 89.6 Å². The van der Waals surface area contributed by atoms with Gasteiger partial charge in [-0.3, -0.25) is 9.59 Å². The maximum absolute atomic E-state index is 13.1. The molecule has 9 nitrogen and oxygen atoms in total. The Morgan fingerprint density at radius 2 is 1.69 bits per heavy atom. The molecule has 1 saturated heterocycles. The van der Waals surface area contributed by atoms with E-state index in [9.17, 15) is 9.59 Å². The molecule has 0 aliphatic carbocycles. The number of nitrogens with one attached hydrogen (secondary N) is 1. The summed E-state index contributed by atoms with van der Waals surface area (Å²) >= 11 is 0. The number of carbonyl (C=O) groups excluding carboxylic acids is 2. The van der Waals surface area contributed by atoms with Crippen LogP contribution in [-0.4, -0.2) is 70.3 Å². The van der Waals surface area contributed by atoms with E-state index in [0.717, 1.165) is 38.0 Å². The summed E-state index contributed by atoms with van der Waals surface area (Å²) in [7, 11) is 4.59. The van der Waals surface area contributed by atoms with Gasteiger partial charge in [0.1, 0.15) is 5.75 Å². The quantitative estimate of drug-likeness (QED) is 0.616. The number of benzene rings is 2. The summed E-state index contributed by atoms with van der Waals surface area (Å²) in [6, 6.07) is 11.0. The fourth-order valence-electron chi connectivity index (χ4n) is 4.58. The van der Waals surface area contributed by atoms with Crippen LogP contribution in [0.3, 0.4) is 0 Å². The first-order chi connectivity index (χ1) is 17.0. The summed E-state index contributed by atoms with van der Waals surface area (Å²) < 4.78 is 22.1. The van der Waals surface area contributed by atoms with Crippen LogP contribution in [0.1, 0.15) is 25.7 Å². The molecular formula is C26H33N3O6. The minimum Gasteiger partial charge on any atom is -0.493 e. The minimum absolute atomic E-state index is 0.0195. The first-order valence-electron chi connectivity index (χ1n) is 11.9. The molecule has 2 aromatic carbocycles. The van der Waals surface area contributed by atoms with E-state index in [1.807, 2.05) is 29.2 Å². The van der Waals surface area contributed by atoms with Gasteiger partial charge in [-0.1, -0.05) is 12.1 Å². The van der Waals surface area contributed by atoms with Crippen molar-refractivity contribution in [1.82, 2.24) is 4.90 Å². The third-order valence-electron chi connectivity index (χ3n) is 6.36. The van der Waals surface area contributed by atoms with Crippen molar-refractivity contribution in [3.8, 4) is 23.0 Å². The number of para-hydroxylation sites is 2. The van der Waals surface area contributed by atoms with Gasteiger partial charge in [0.05, 0.1) is 33.6 Å². The molecule has 1 fully saturated rings. The summed E-state index contributed by atoms with van der Waals surface area (Å²) in [5.41, 5.74) is 1.43. The van der Waals surface area contributed by atoms with Crippen LogP contribution in [0.4, 0.5) is 11.4 Å². The van der Waals surface area contributed by atoms with Gasteiger partial charge in [0.15, 0.2) is 17.6 Å². The van der Waals surface area contributed by atoms with Gasteiger partial charge in [-0.2, -0.15) is 0 Å². The van der Waals surface area contributed by atoms with Crippen molar-refractivity contribution in [2.45, 2.75) is 31.8 Å². The number of hydrogen-bond donors (Lipinski definition) is 1. The maximum atomic E-state index is 13.1. The van der Waals surface area contributed by atoms with E-state index in [1.165, 1.54) is 21.3 Å². The SMILES string of the molecule is COc1cc(NC(=O)CCN2CC(C(=O)N3CCCCC3)Oc3ccccc32)cc(OC)c1OC. The van der Waals surface area contributed by atoms with Gasteiger partial charge >= 0.3 is 0 Å². The highest BCUT2D eigenvalue weighted by atomic mass is 16.5. The Balaban J connectivity index is 1.43. The zero-order valence-electron chi connectivity index (χ0n) is 20.5. The molecule has 9 heteroatoms. The molecule has 188 valence electrons. The number of anilines is 2. The Morgan fingerprint density at radius 3 is 2.34 bits per heavy atom. The number of ether oxygens (including phenoxy) is 4. The fourth-order valence-corrected chi connectivity index (χ4v) is 4.58. The lowest BCUT2D eigenvalue weighted by Crippen LogP contribution is -2.51. The molecule has 0 aromatic heterocycles. The van der Waals surface area contributed by atoms with Crippen molar-refractivity contribution >= 4 is 23.2 Å². The van der Waals surface area contributed by atoms with Crippen molar-refractivity contribution in [3.63, 3.8) is 0 Å². The molecule has 0 spiro atoms. The smallest absolute Gasteiger partial charge is 0.265 e. The van der Waals surface area contributed by atoms with Gasteiger partial charge in [0.25, 0.3) is 5.91 Å². The molecule has 0 saturated carbocycles. The molecule has 2 aromatic rings. The number of rotatable bonds is 8. The molecule has 0 radical (unpaired) electrons. The molecule has 1 N–H and O–H groups in total. The number of methoxy groups -OCH3 is 3. The zero-order valence-corrected chi connectivity index (χ0v) is 20.5. The highest BCUT2D eigenvalue weighted by molar-refractivity contribution is 5.92. The number of fused-ring (bicyclic) bond motifs is 1. The molecular weight excluding hydrogens is 450 g/mol. The minimum atomic E-state index is -0.582. The van der Waals surface area contributed by atoms with Gasteiger partial charge in [0, 0.05) is 43.9 Å². The van der Waals surface area contributed by atoms with Crippen molar-refractivity contribution in [2.75, 3.05) is 57.7 Å². The van der Waals surface area contributed by atoms with E-state index in [2.05, 4.69) is 10.2 Å². The van der Waals surface area contributed by atoms with Crippen LogP contribution in [0.5, 0.6) is 23.0 Å². The second-order valence-electron chi connectivity index (χ2n) is 8.62. The first-order valence-corrected chi connectivity index (χ1v) is 11.9. The van der Waals surface area contributed by atoms with Gasteiger partial charge < -0.3 is 34.1 Å². The van der Waals surface area contributed by atoms with Gasteiger partial charge in [-0.15, -0.1) is 0 Å². The Bertz CT molecular complexity index is 1030. The van der Waals surface area contributed by atoms with Crippen molar-refractivity contribution < 1.29 is 28.5 Å². The van der Waals surface area contributed by atoms with E-state index in [0.29, 0.717) is 41.8 Å². The largest absolute Gasteiger partial charge is 0.493 e. The average molecular weight is 484 g/mol. The third kappa shape index (κ3) is 5.55. The monoisotopic (exact) mass is 483 g/mol. The lowest BCUT2D eigenvalue weighted by atomic mass is 10.1. The van der Waals surface area contributed by atoms with Crippen LogP contribution >= 0.6 is 0 Å². The van der Waals surface area contributed by atoms with Crippen molar-refractivity contribution in [2.24, 2.45) is 0 Å². The van der Waals surface area contributed by atoms with Crippen LogP contribution in [0, 0.1) is 0 Å². The Labute approximate surface area is 205 Å². The summed E-state index contributed by atoms with van der Waals surface area (Å²) in [6.45, 7) is 2.40. The van der Waals surface area contributed by atoms with Crippen molar-refractivity contribution in [1.29, 1.82) is 0 Å². The molecule has 2 amide bonds. The number of hydrogen-bond acceptors (Lipinski definition) is 7. The van der Waals surface area contributed by atoms with Crippen molar-refractivity contribution in [3.05, 3.63) is 36.4 Å². The van der Waals surface area contributed by atoms with Crippen LogP contribution in [0.15, 0.2) is 36.4 Å². The summed E-state index contributed by atoms with van der Waals surface area (Å²) in [6.07, 6.45) is 2.86. The Morgan fingerprint density at radius 1 is 1.00 bits per heavy atom. The van der Waals surface area contributed by atoms with Crippen LogP contribution in [0.25, 0.3) is 0 Å². The lowest BCUT2D eigenvalue weighted by Gasteiger charge is -2.38. The number of piperidine rings is 1. The van der Waals surface area contributed by atoms with Gasteiger partial charge in [-0.05, 0) is 31.4 Å². The third-order valence-corrected chi connectivity index (χ3v) is 6.36. The van der Waals surface area contributed by atoms with E-state index >= 15 is 0 Å². The molecule has 0 bridgehead atoms. The van der Waals surface area contributed by atoms with Crippen LogP contribution in [0.2, 0.25) is 0 Å². The number of likely N-dealkylation sites (tertiary alicyclic amines) is 1. The average Bonchev–Trinajstić information content (AvgIpc) is 2.90. The van der Waals surface area contributed by atoms with Gasteiger partial charge in [-0.25, -0.2) is 0 Å². The molecule has 1 atom stereocenters. The molecule has 4 rings (SSSR count). The summed E-state index contributed by atoms with van der Waals surface area (Å²) in [4.78, 5) is 29.9. The summed E-state index contributed by atoms with van der Waals surface area (Å²) in [5, 5.41) is 2.90. The first kappa shape index (κ1) is 24.5. The van der Waals surface area contributed by atoms with Gasteiger partial charge in [0.2, 0.25) is 11.7 Å². The number of nitrogens with zero attached hydrogens (tertiary/aromatic N) is 2. The molecule has 2 aliphatic heterocycles. The number of carbonyl (C=O) groups is 2. The van der Waals surface area contributed by atoms with Crippen LogP contribution in [-0.2, 0) is 9.59 Å². The van der Waals surface area contributed by atoms with E-state index < -0.39 is 6.10 Å². The highest BCUT2D eigenvalue weighted by Gasteiger charge is 2.34. The predicted octanol–water partition coefficient (Wildman–Crippen LogP) is 3.32. The molecule has 2 heterocycles. The summed E-state index contributed by atoms with van der Waals surface area (Å²) in [5.74, 6) is 1.90. The van der Waals surface area contributed by atoms with E-state index in [1.54, 1.807) is 12.1 Å². The van der Waals surface area contributed by atoms with E-state index in [4.69, 9.17) is 18.9 Å². The van der Waals surface area contributed by atoms with E-state index in [-0.39, 0.29) is 18.2 Å². The second-order valence-corrected chi connectivity index (χ2v) is 8.62. The lowest BCUT2D eigenvalue weighted by molar-refractivity contribution is -0.139. The highest BCUT2D eigenvalue weighted by Crippen LogP contribution is 2.40. The molecule has 1 unspecified atom stereocenters. The molecule has 35 heavy (non-hydrogen) atoms. The van der Waals surface area contributed by atoms with Crippen LogP contribution < -0.4 is 29.2 Å².